The number of fused-ring (bicyclic) bond motifs is 5. The lowest BCUT2D eigenvalue weighted by molar-refractivity contribution is 0.669. The largest absolute Gasteiger partial charge is 0.456 e. The molecular weight excluding hydrogens is 544 g/mol. The Morgan fingerprint density at radius 2 is 1.07 bits per heavy atom. The molecule has 1 heteroatoms. The van der Waals surface area contributed by atoms with E-state index in [9.17, 15) is 0 Å². The summed E-state index contributed by atoms with van der Waals surface area (Å²) in [7, 11) is 0. The molecule has 8 aromatic rings. The summed E-state index contributed by atoms with van der Waals surface area (Å²) in [6.45, 7) is 0. The van der Waals surface area contributed by atoms with Crippen molar-refractivity contribution in [2.24, 2.45) is 0 Å². The summed E-state index contributed by atoms with van der Waals surface area (Å²) in [5.41, 5.74) is 14.6. The van der Waals surface area contributed by atoms with Crippen molar-refractivity contribution in [3.63, 3.8) is 0 Å². The highest BCUT2D eigenvalue weighted by atomic mass is 16.3. The Bertz CT molecular complexity index is 2390. The van der Waals surface area contributed by atoms with Crippen molar-refractivity contribution in [3.05, 3.63) is 163 Å². The molecule has 0 amide bonds. The van der Waals surface area contributed by atoms with Crippen LogP contribution in [0.3, 0.4) is 0 Å². The van der Waals surface area contributed by atoms with Gasteiger partial charge in [-0.3, -0.25) is 0 Å². The highest BCUT2D eigenvalue weighted by molar-refractivity contribution is 6.19. The van der Waals surface area contributed by atoms with Gasteiger partial charge in [-0.25, -0.2) is 0 Å². The molecule has 1 aliphatic rings. The van der Waals surface area contributed by atoms with Crippen LogP contribution in [0.25, 0.3) is 83.3 Å². The van der Waals surface area contributed by atoms with Crippen molar-refractivity contribution in [1.82, 2.24) is 0 Å². The second kappa shape index (κ2) is 10.5. The molecule has 0 aliphatic heterocycles. The van der Waals surface area contributed by atoms with Crippen LogP contribution in [-0.4, -0.2) is 0 Å². The van der Waals surface area contributed by atoms with Crippen LogP contribution in [0, 0.1) is 0 Å². The number of rotatable bonds is 4. The van der Waals surface area contributed by atoms with Gasteiger partial charge in [0, 0.05) is 10.8 Å². The van der Waals surface area contributed by atoms with E-state index in [1.54, 1.807) is 0 Å². The minimum Gasteiger partial charge on any atom is -0.456 e. The fourth-order valence-electron chi connectivity index (χ4n) is 7.31. The number of hydrogen-bond donors (Lipinski definition) is 0. The Balaban J connectivity index is 1.31. The first-order valence-electron chi connectivity index (χ1n) is 15.7. The molecule has 45 heavy (non-hydrogen) atoms. The van der Waals surface area contributed by atoms with Gasteiger partial charge >= 0.3 is 0 Å². The summed E-state index contributed by atoms with van der Waals surface area (Å²) < 4.78 is 6.48. The maximum absolute atomic E-state index is 6.48. The van der Waals surface area contributed by atoms with E-state index in [-0.39, 0.29) is 0 Å². The molecule has 0 saturated heterocycles. The lowest BCUT2D eigenvalue weighted by atomic mass is 9.79. The van der Waals surface area contributed by atoms with Gasteiger partial charge in [-0.15, -0.1) is 0 Å². The zero-order chi connectivity index (χ0) is 29.7. The zero-order valence-corrected chi connectivity index (χ0v) is 24.8. The van der Waals surface area contributed by atoms with E-state index in [2.05, 4.69) is 158 Å². The highest BCUT2D eigenvalue weighted by Gasteiger charge is 2.24. The molecule has 212 valence electrons. The molecule has 0 unspecified atom stereocenters. The van der Waals surface area contributed by atoms with Crippen LogP contribution < -0.4 is 0 Å². The van der Waals surface area contributed by atoms with Gasteiger partial charge in [0.15, 0.2) is 0 Å². The topological polar surface area (TPSA) is 13.1 Å². The van der Waals surface area contributed by atoms with Crippen molar-refractivity contribution in [3.8, 4) is 44.5 Å². The molecule has 0 radical (unpaired) electrons. The molecule has 0 fully saturated rings. The Hall–Kier alpha value is -5.66. The van der Waals surface area contributed by atoms with Crippen LogP contribution in [0.2, 0.25) is 0 Å². The first-order chi connectivity index (χ1) is 22.3. The molecule has 0 saturated carbocycles. The molecule has 9 rings (SSSR count). The minimum atomic E-state index is 0.918. The third-order valence-corrected chi connectivity index (χ3v) is 9.36. The minimum absolute atomic E-state index is 0.918. The normalized spacial score (nSPS) is 12.6. The Morgan fingerprint density at radius 3 is 1.82 bits per heavy atom. The van der Waals surface area contributed by atoms with Crippen molar-refractivity contribution < 1.29 is 4.42 Å². The first kappa shape index (κ1) is 25.8. The molecule has 0 spiro atoms. The number of allylic oxidation sites excluding steroid dienone is 1. The van der Waals surface area contributed by atoms with Gasteiger partial charge in [0.2, 0.25) is 0 Å². The Kier molecular flexibility index (Phi) is 6.02. The SMILES string of the molecule is C1=Cc2c(c(-c3ccc(-c4ccccc4)cc3)c3ccccc3c2-c2cccc3oc4ccc(-c5ccccc5)cc4c23)CC1. The van der Waals surface area contributed by atoms with Gasteiger partial charge in [-0.1, -0.05) is 140 Å². The van der Waals surface area contributed by atoms with Crippen molar-refractivity contribution in [2.75, 3.05) is 0 Å². The van der Waals surface area contributed by atoms with Crippen molar-refractivity contribution in [1.29, 1.82) is 0 Å². The van der Waals surface area contributed by atoms with Crippen LogP contribution in [-0.2, 0) is 6.42 Å². The van der Waals surface area contributed by atoms with Crippen molar-refractivity contribution in [2.45, 2.75) is 12.8 Å². The maximum Gasteiger partial charge on any atom is 0.136 e. The van der Waals surface area contributed by atoms with Crippen LogP contribution in [0.4, 0.5) is 0 Å². The third kappa shape index (κ3) is 4.24. The fourth-order valence-corrected chi connectivity index (χ4v) is 7.31. The van der Waals surface area contributed by atoms with Gasteiger partial charge in [0.1, 0.15) is 11.2 Å². The van der Waals surface area contributed by atoms with Crippen LogP contribution in [0.15, 0.2) is 156 Å². The standard InChI is InChI=1S/C44H30O/c1-3-12-29(13-4-1)31-22-24-32(25-23-31)42-34-16-7-9-18-36(34)43(37-19-10-8-17-35(37)42)38-20-11-21-41-44(38)39-28-33(26-27-40(39)45-41)30-14-5-2-6-15-30/h1-7,9-16,18-28H,8,17H2. The van der Waals surface area contributed by atoms with Gasteiger partial charge in [-0.05, 0) is 97.4 Å². The van der Waals surface area contributed by atoms with E-state index in [1.165, 1.54) is 71.8 Å². The predicted molar refractivity (Wildman–Crippen MR) is 190 cm³/mol. The Labute approximate surface area is 262 Å². The molecule has 7 aromatic carbocycles. The van der Waals surface area contributed by atoms with E-state index in [0.717, 1.165) is 29.4 Å². The van der Waals surface area contributed by atoms with Gasteiger partial charge in [-0.2, -0.15) is 0 Å². The molecular formula is C44H30O. The second-order valence-electron chi connectivity index (χ2n) is 11.9. The number of benzene rings is 7. The summed E-state index contributed by atoms with van der Waals surface area (Å²) in [6, 6.07) is 52.4. The highest BCUT2D eigenvalue weighted by Crippen LogP contribution is 2.48. The Morgan fingerprint density at radius 1 is 0.444 bits per heavy atom. The lowest BCUT2D eigenvalue weighted by Gasteiger charge is -2.24. The predicted octanol–water partition coefficient (Wildman–Crippen LogP) is 12.4. The van der Waals surface area contributed by atoms with Crippen molar-refractivity contribution >= 4 is 38.8 Å². The van der Waals surface area contributed by atoms with Gasteiger partial charge < -0.3 is 4.42 Å². The molecule has 1 aliphatic carbocycles. The quantitative estimate of drug-likeness (QED) is 0.204. The monoisotopic (exact) mass is 574 g/mol. The first-order valence-corrected chi connectivity index (χ1v) is 15.7. The van der Waals surface area contributed by atoms with Gasteiger partial charge in [0.05, 0.1) is 0 Å². The van der Waals surface area contributed by atoms with E-state index >= 15 is 0 Å². The summed E-state index contributed by atoms with van der Waals surface area (Å²) in [4.78, 5) is 0. The fraction of sp³-hybridized carbons (Fsp3) is 0.0455. The number of furan rings is 1. The van der Waals surface area contributed by atoms with E-state index in [4.69, 9.17) is 4.42 Å². The molecule has 0 bridgehead atoms. The summed E-state index contributed by atoms with van der Waals surface area (Å²) in [5.74, 6) is 0. The van der Waals surface area contributed by atoms with E-state index in [1.807, 2.05) is 0 Å². The maximum atomic E-state index is 6.48. The summed E-state index contributed by atoms with van der Waals surface area (Å²) in [6.07, 6.45) is 6.75. The third-order valence-electron chi connectivity index (χ3n) is 9.36. The van der Waals surface area contributed by atoms with E-state index in [0.29, 0.717) is 0 Å². The van der Waals surface area contributed by atoms with Gasteiger partial charge in [0.25, 0.3) is 0 Å². The average molecular weight is 575 g/mol. The molecule has 1 aromatic heterocycles. The zero-order valence-electron chi connectivity index (χ0n) is 24.8. The average Bonchev–Trinajstić information content (AvgIpc) is 3.50. The van der Waals surface area contributed by atoms with Crippen LogP contribution in [0.1, 0.15) is 17.5 Å². The summed E-state index contributed by atoms with van der Waals surface area (Å²) in [5, 5.41) is 4.89. The number of hydrogen-bond acceptors (Lipinski definition) is 1. The van der Waals surface area contributed by atoms with Crippen LogP contribution >= 0.6 is 0 Å². The molecule has 1 nitrogen and oxygen atoms in total. The smallest absolute Gasteiger partial charge is 0.136 e. The summed E-state index contributed by atoms with van der Waals surface area (Å²) >= 11 is 0. The van der Waals surface area contributed by atoms with E-state index < -0.39 is 0 Å². The molecule has 0 N–H and O–H groups in total. The lowest BCUT2D eigenvalue weighted by Crippen LogP contribution is -2.02. The molecule has 0 atom stereocenters. The second-order valence-corrected chi connectivity index (χ2v) is 11.9. The molecule has 1 heterocycles. The van der Waals surface area contributed by atoms with Crippen LogP contribution in [0.5, 0.6) is 0 Å².